The molecule has 10 nitrogen and oxygen atoms in total. The van der Waals surface area contributed by atoms with Gasteiger partial charge in [-0.3, -0.25) is 20.2 Å². The van der Waals surface area contributed by atoms with Gasteiger partial charge in [-0.1, -0.05) is 41.4 Å². The second-order valence-electron chi connectivity index (χ2n) is 7.42. The fourth-order valence-electron chi connectivity index (χ4n) is 2.90. The number of likely N-dealkylation sites (N-methyl/N-ethyl adjacent to an activating group) is 1. The minimum Gasteiger partial charge on any atom is -0.445 e. The number of nitro benzene ring substituents is 2. The zero-order chi connectivity index (χ0) is 28.5. The van der Waals surface area contributed by atoms with Crippen LogP contribution in [0.3, 0.4) is 0 Å². The van der Waals surface area contributed by atoms with Gasteiger partial charge in [0.2, 0.25) is 0 Å². The lowest BCUT2D eigenvalue weighted by molar-refractivity contribution is -0.393. The van der Waals surface area contributed by atoms with Crippen molar-refractivity contribution < 1.29 is 32.5 Å². The summed E-state index contributed by atoms with van der Waals surface area (Å²) >= 11 is 11.5. The Balaban J connectivity index is 0.000000417. The molecular formula is C22H23Cl2F3N4O6. The van der Waals surface area contributed by atoms with Crippen molar-refractivity contribution in [2.45, 2.75) is 26.6 Å². The van der Waals surface area contributed by atoms with Crippen molar-refractivity contribution in [1.82, 2.24) is 5.32 Å². The number of nitrogens with zero attached hydrogens (tertiary/aromatic N) is 3. The highest BCUT2D eigenvalue weighted by Gasteiger charge is 2.39. The molecule has 15 heteroatoms. The van der Waals surface area contributed by atoms with Gasteiger partial charge in [0, 0.05) is 32.3 Å². The van der Waals surface area contributed by atoms with Crippen molar-refractivity contribution in [1.29, 1.82) is 0 Å². The van der Waals surface area contributed by atoms with E-state index in [1.165, 1.54) is 11.9 Å². The molecule has 0 unspecified atom stereocenters. The predicted molar refractivity (Wildman–Crippen MR) is 133 cm³/mol. The molecular weight excluding hydrogens is 544 g/mol. The number of benzene rings is 2. The van der Waals surface area contributed by atoms with Gasteiger partial charge in [-0.25, -0.2) is 4.79 Å². The molecule has 2 rings (SSSR count). The summed E-state index contributed by atoms with van der Waals surface area (Å²) in [5.74, 6) is 0. The lowest BCUT2D eigenvalue weighted by Crippen LogP contribution is -2.26. The van der Waals surface area contributed by atoms with Crippen LogP contribution in [0.2, 0.25) is 10.0 Å². The first kappa shape index (κ1) is 31.4. The Morgan fingerprint density at radius 2 is 1.65 bits per heavy atom. The number of nitrogens with one attached hydrogen (secondary N) is 1. The number of ether oxygens (including phenoxy) is 1. The largest absolute Gasteiger partial charge is 0.445 e. The van der Waals surface area contributed by atoms with Crippen LogP contribution in [0.4, 0.5) is 35.0 Å². The molecule has 202 valence electrons. The Hall–Kier alpha value is -3.58. The second kappa shape index (κ2) is 13.7. The average molecular weight is 567 g/mol. The Bertz CT molecular complexity index is 1140. The summed E-state index contributed by atoms with van der Waals surface area (Å²) in [6.07, 6.45) is -5.41. The molecule has 0 fully saturated rings. The summed E-state index contributed by atoms with van der Waals surface area (Å²) < 4.78 is 43.3. The molecule has 37 heavy (non-hydrogen) atoms. The van der Waals surface area contributed by atoms with Crippen LogP contribution in [0.15, 0.2) is 42.5 Å². The molecule has 0 bridgehead atoms. The van der Waals surface area contributed by atoms with E-state index in [0.29, 0.717) is 27.8 Å². The highest BCUT2D eigenvalue weighted by molar-refractivity contribution is 6.42. The van der Waals surface area contributed by atoms with E-state index in [9.17, 15) is 38.2 Å². The summed E-state index contributed by atoms with van der Waals surface area (Å²) in [6, 6.07) is 5.68. The van der Waals surface area contributed by atoms with Gasteiger partial charge in [0.25, 0.3) is 11.4 Å². The number of rotatable bonds is 8. The maximum atomic E-state index is 12.8. The predicted octanol–water partition coefficient (Wildman–Crippen LogP) is 6.77. The van der Waals surface area contributed by atoms with Crippen LogP contribution in [0.5, 0.6) is 0 Å². The van der Waals surface area contributed by atoms with Crippen LogP contribution >= 0.6 is 23.2 Å². The minimum atomic E-state index is -4.93. The van der Waals surface area contributed by atoms with E-state index in [-0.39, 0.29) is 19.7 Å². The maximum Gasteiger partial charge on any atom is 0.416 e. The molecule has 1 amide bonds. The molecule has 0 aliphatic heterocycles. The lowest BCUT2D eigenvalue weighted by atomic mass is 10.1. The molecule has 0 aliphatic rings. The molecule has 1 N–H and O–H groups in total. The third kappa shape index (κ3) is 9.42. The molecule has 0 radical (unpaired) electrons. The monoisotopic (exact) mass is 566 g/mol. The maximum absolute atomic E-state index is 12.8. The molecule has 2 aromatic carbocycles. The number of carbonyl (C=O) groups excluding carboxylic acids is 1. The first-order chi connectivity index (χ1) is 17.1. The normalized spacial score (nSPS) is 10.6. The quantitative estimate of drug-likeness (QED) is 0.212. The van der Waals surface area contributed by atoms with Gasteiger partial charge in [0.05, 0.1) is 25.5 Å². The first-order valence-corrected chi connectivity index (χ1v) is 11.1. The molecule has 0 aromatic heterocycles. The number of nitro groups is 2. The molecule has 0 saturated heterocycles. The molecule has 0 aliphatic carbocycles. The summed E-state index contributed by atoms with van der Waals surface area (Å²) in [6.45, 7) is 7.14. The molecule has 0 spiro atoms. The highest BCUT2D eigenvalue weighted by Crippen LogP contribution is 2.43. The molecule has 0 heterocycles. The average Bonchev–Trinajstić information content (AvgIpc) is 2.81. The van der Waals surface area contributed by atoms with E-state index >= 15 is 0 Å². The van der Waals surface area contributed by atoms with Crippen molar-refractivity contribution in [2.75, 3.05) is 25.0 Å². The third-order valence-corrected chi connectivity index (χ3v) is 5.25. The van der Waals surface area contributed by atoms with Gasteiger partial charge in [-0.15, -0.1) is 0 Å². The van der Waals surface area contributed by atoms with E-state index in [1.807, 2.05) is 0 Å². The highest BCUT2D eigenvalue weighted by atomic mass is 35.5. The third-order valence-electron chi connectivity index (χ3n) is 4.51. The van der Waals surface area contributed by atoms with Crippen LogP contribution < -0.4 is 10.2 Å². The summed E-state index contributed by atoms with van der Waals surface area (Å²) in [7, 11) is 1.50. The van der Waals surface area contributed by atoms with Crippen LogP contribution in [-0.4, -0.2) is 36.1 Å². The number of halogens is 5. The number of carbonyl (C=O) groups is 1. The van der Waals surface area contributed by atoms with E-state index in [1.54, 1.807) is 32.0 Å². The van der Waals surface area contributed by atoms with Crippen LogP contribution in [0.1, 0.15) is 25.0 Å². The number of alkyl carbamates (subject to hydrolysis) is 1. The first-order valence-electron chi connectivity index (χ1n) is 10.3. The van der Waals surface area contributed by atoms with Gasteiger partial charge in [0.15, 0.2) is 5.69 Å². The standard InChI is InChI=1S/C13H14F3N3O4.C9H9Cl2NO2/c1-4-17(7-8(2)3)12-10(18(20)21)5-9(13(14,15)16)6-11(12)19(22)23;1-12-9(13)14-5-6-2-3-7(10)8(11)4-6/h5-6H,2,4,7H2,1,3H3;2-4H,5H2,1H3,(H,12,13). The van der Waals surface area contributed by atoms with E-state index < -0.39 is 44.7 Å². The van der Waals surface area contributed by atoms with Gasteiger partial charge in [-0.05, 0) is 31.5 Å². The molecule has 2 aromatic rings. The fraction of sp³-hybridized carbons (Fsp3) is 0.318. The van der Waals surface area contributed by atoms with Crippen molar-refractivity contribution in [3.63, 3.8) is 0 Å². The fourth-order valence-corrected chi connectivity index (χ4v) is 3.22. The number of hydrogen-bond acceptors (Lipinski definition) is 7. The summed E-state index contributed by atoms with van der Waals surface area (Å²) in [4.78, 5) is 32.2. The number of anilines is 1. The second-order valence-corrected chi connectivity index (χ2v) is 8.24. The van der Waals surface area contributed by atoms with Crippen molar-refractivity contribution in [3.8, 4) is 0 Å². The minimum absolute atomic E-state index is 0.0452. The Labute approximate surface area is 219 Å². The number of alkyl halides is 3. The Morgan fingerprint density at radius 1 is 1.11 bits per heavy atom. The van der Waals surface area contributed by atoms with Gasteiger partial charge >= 0.3 is 12.3 Å². The Morgan fingerprint density at radius 3 is 2.03 bits per heavy atom. The smallest absolute Gasteiger partial charge is 0.416 e. The van der Waals surface area contributed by atoms with Crippen LogP contribution in [-0.2, 0) is 17.5 Å². The van der Waals surface area contributed by atoms with E-state index in [2.05, 4.69) is 11.9 Å². The SMILES string of the molecule is C=C(C)CN(CC)c1c([N+](=O)[O-])cc(C(F)(F)F)cc1[N+](=O)[O-].CNC(=O)OCc1ccc(Cl)c(Cl)c1. The van der Waals surface area contributed by atoms with E-state index in [0.717, 1.165) is 5.56 Å². The van der Waals surface area contributed by atoms with Crippen molar-refractivity contribution >= 4 is 46.4 Å². The topological polar surface area (TPSA) is 128 Å². The molecule has 0 atom stereocenters. The number of amides is 1. The van der Waals surface area contributed by atoms with Gasteiger partial charge < -0.3 is 15.0 Å². The summed E-state index contributed by atoms with van der Waals surface area (Å²) in [5.41, 5.74) is -2.48. The van der Waals surface area contributed by atoms with E-state index in [4.69, 9.17) is 27.9 Å². The summed E-state index contributed by atoms with van der Waals surface area (Å²) in [5, 5.41) is 25.6. The van der Waals surface area contributed by atoms with Gasteiger partial charge in [0.1, 0.15) is 6.61 Å². The Kier molecular flexibility index (Phi) is 11.6. The molecule has 0 saturated carbocycles. The van der Waals surface area contributed by atoms with Crippen LogP contribution in [0.25, 0.3) is 0 Å². The van der Waals surface area contributed by atoms with Gasteiger partial charge in [-0.2, -0.15) is 13.2 Å². The number of hydrogen-bond donors (Lipinski definition) is 1. The zero-order valence-electron chi connectivity index (χ0n) is 19.9. The lowest BCUT2D eigenvalue weighted by Gasteiger charge is -2.23. The van der Waals surface area contributed by atoms with Crippen LogP contribution in [0, 0.1) is 20.2 Å². The zero-order valence-corrected chi connectivity index (χ0v) is 21.4. The van der Waals surface area contributed by atoms with Crippen molar-refractivity contribution in [2.24, 2.45) is 0 Å². The van der Waals surface area contributed by atoms with Crippen molar-refractivity contribution in [3.05, 3.63) is 83.9 Å².